The van der Waals surface area contributed by atoms with Crippen molar-refractivity contribution in [3.63, 3.8) is 0 Å². The summed E-state index contributed by atoms with van der Waals surface area (Å²) < 4.78 is 5.09. The molecule has 0 radical (unpaired) electrons. The van der Waals surface area contributed by atoms with E-state index in [4.69, 9.17) is 2.64 Å². The third-order valence-corrected chi connectivity index (χ3v) is 3.07. The molecule has 0 aromatic heterocycles. The molecule has 0 rings (SSSR count). The number of hydrogen-bond acceptors (Lipinski definition) is 1. The Morgan fingerprint density at radius 1 is 1.83 bits per heavy atom. The van der Waals surface area contributed by atoms with Crippen LogP contribution in [-0.4, -0.2) is 6.10 Å². The predicted molar refractivity (Wildman–Crippen MR) is 20.8 cm³/mol. The first-order valence-electron chi connectivity index (χ1n) is 2.22. The molecule has 0 aliphatic heterocycles. The molecule has 1 atom stereocenters. The molecule has 0 N–H and O–H groups in total. The van der Waals surface area contributed by atoms with Crippen molar-refractivity contribution in [3.8, 4) is 0 Å². The van der Waals surface area contributed by atoms with Crippen LogP contribution in [0.1, 0.15) is 20.3 Å². The van der Waals surface area contributed by atoms with Crippen LogP contribution in [0.5, 0.6) is 0 Å². The minimum absolute atomic E-state index is 0.522. The van der Waals surface area contributed by atoms with Crippen LogP contribution in [0.25, 0.3) is 0 Å². The maximum atomic E-state index is 5.09. The van der Waals surface area contributed by atoms with Crippen molar-refractivity contribution in [2.24, 2.45) is 0 Å². The molecule has 0 saturated heterocycles. The normalized spacial score (nSPS) is 14.7. The number of rotatable bonds is 2. The zero-order valence-corrected chi connectivity index (χ0v) is 9.90. The van der Waals surface area contributed by atoms with Gasteiger partial charge in [0, 0.05) is 0 Å². The van der Waals surface area contributed by atoms with Gasteiger partial charge in [0.25, 0.3) is 0 Å². The third-order valence-electron chi connectivity index (χ3n) is 0.859. The zero-order valence-electron chi connectivity index (χ0n) is 4.40. The summed E-state index contributed by atoms with van der Waals surface area (Å²) in [6.45, 7) is 4.24. The van der Waals surface area contributed by atoms with Gasteiger partial charge in [-0.1, -0.05) is 0 Å². The Hall–Kier alpha value is 0.895. The summed E-state index contributed by atoms with van der Waals surface area (Å²) >= 11 is 0.543. The Balaban J connectivity index is 2.75. The molecular weight excluding hydrogens is 265 g/mol. The van der Waals surface area contributed by atoms with Crippen LogP contribution in [-0.2, 0) is 29.2 Å². The topological polar surface area (TPSA) is 9.23 Å². The Morgan fingerprint density at radius 3 is 2.33 bits per heavy atom. The molecule has 0 bridgehead atoms. The Kier molecular flexibility index (Phi) is 4.67. The van der Waals surface area contributed by atoms with Gasteiger partial charge in [0.1, 0.15) is 0 Å². The zero-order chi connectivity index (χ0) is 4.99. The number of hydrogen-bond donors (Lipinski definition) is 0. The second-order valence-corrected chi connectivity index (χ2v) is 2.68. The van der Waals surface area contributed by atoms with Crippen molar-refractivity contribution in [1.29, 1.82) is 0 Å². The Bertz CT molecular complexity index is 26.7. The van der Waals surface area contributed by atoms with E-state index in [9.17, 15) is 0 Å². The van der Waals surface area contributed by atoms with Gasteiger partial charge in [-0.15, -0.1) is 0 Å². The quantitative estimate of drug-likeness (QED) is 0.689. The fraction of sp³-hybridized carbons (Fsp3) is 1.00. The fourth-order valence-corrected chi connectivity index (χ4v) is 1.03. The van der Waals surface area contributed by atoms with E-state index in [0.717, 1.165) is 6.42 Å². The molecule has 2 heteroatoms. The molecule has 0 aromatic rings. The summed E-state index contributed by atoms with van der Waals surface area (Å²) in [5.41, 5.74) is 0. The van der Waals surface area contributed by atoms with Crippen LogP contribution < -0.4 is 0 Å². The van der Waals surface area contributed by atoms with Gasteiger partial charge >= 0.3 is 55.6 Å². The van der Waals surface area contributed by atoms with Crippen molar-refractivity contribution in [2.45, 2.75) is 26.4 Å². The van der Waals surface area contributed by atoms with E-state index < -0.39 is 0 Å². The van der Waals surface area contributed by atoms with Crippen LogP contribution in [0.2, 0.25) is 0 Å². The Labute approximate surface area is 55.7 Å². The van der Waals surface area contributed by atoms with Crippen molar-refractivity contribution in [3.05, 3.63) is 0 Å². The first-order chi connectivity index (χ1) is 2.81. The molecule has 0 aromatic carbocycles. The van der Waals surface area contributed by atoms with Crippen LogP contribution in [0.3, 0.4) is 0 Å². The standard InChI is InChI=1S/C4H9O.Hg/c1-3-4(2)5;/h4H,3H2,1-2H3;/q-1;+1. The molecule has 0 heterocycles. The van der Waals surface area contributed by atoms with E-state index in [1.807, 2.05) is 0 Å². The van der Waals surface area contributed by atoms with Crippen molar-refractivity contribution < 1.29 is 29.2 Å². The van der Waals surface area contributed by atoms with Gasteiger partial charge in [0.2, 0.25) is 0 Å². The molecule has 0 saturated carbocycles. The van der Waals surface area contributed by atoms with Gasteiger partial charge in [0.05, 0.1) is 0 Å². The molecule has 33 valence electrons. The average Bonchev–Trinajstić information content (AvgIpc) is 1.65. The summed E-state index contributed by atoms with van der Waals surface area (Å²) in [5, 5.41) is 0. The molecule has 0 aliphatic rings. The van der Waals surface area contributed by atoms with Crippen molar-refractivity contribution >= 4 is 0 Å². The van der Waals surface area contributed by atoms with Crippen LogP contribution in [0.4, 0.5) is 0 Å². The van der Waals surface area contributed by atoms with Gasteiger partial charge in [0.15, 0.2) is 0 Å². The van der Waals surface area contributed by atoms with Gasteiger partial charge in [-0.05, 0) is 0 Å². The molecule has 1 nitrogen and oxygen atoms in total. The van der Waals surface area contributed by atoms with E-state index in [1.54, 1.807) is 0 Å². The maximum absolute atomic E-state index is 5.09. The monoisotopic (exact) mass is 275 g/mol. The molecule has 1 unspecified atom stereocenters. The van der Waals surface area contributed by atoms with E-state index >= 15 is 0 Å². The fourth-order valence-electron chi connectivity index (χ4n) is 0.118. The van der Waals surface area contributed by atoms with E-state index in [1.165, 1.54) is 0 Å². The van der Waals surface area contributed by atoms with E-state index in [-0.39, 0.29) is 0 Å². The molecular formula is C4H9HgO. The van der Waals surface area contributed by atoms with Crippen molar-refractivity contribution in [2.75, 3.05) is 0 Å². The summed E-state index contributed by atoms with van der Waals surface area (Å²) in [7, 11) is 0. The summed E-state index contributed by atoms with van der Waals surface area (Å²) in [4.78, 5) is 0. The average molecular weight is 274 g/mol. The SMILES string of the molecule is CCC(C)[O][Hg]. The van der Waals surface area contributed by atoms with E-state index in [2.05, 4.69) is 13.8 Å². The summed E-state index contributed by atoms with van der Waals surface area (Å²) in [6, 6.07) is 0. The van der Waals surface area contributed by atoms with Gasteiger partial charge in [-0.25, -0.2) is 0 Å². The second-order valence-electron chi connectivity index (χ2n) is 1.39. The van der Waals surface area contributed by atoms with Crippen LogP contribution in [0, 0.1) is 0 Å². The van der Waals surface area contributed by atoms with Crippen molar-refractivity contribution in [1.82, 2.24) is 0 Å². The molecule has 0 fully saturated rings. The first-order valence-corrected chi connectivity index (χ1v) is 4.46. The predicted octanol–water partition coefficient (Wildman–Crippen LogP) is 1.26. The third kappa shape index (κ3) is 3.10. The molecule has 0 spiro atoms. The van der Waals surface area contributed by atoms with Crippen LogP contribution in [0.15, 0.2) is 0 Å². The summed E-state index contributed by atoms with van der Waals surface area (Å²) in [5.74, 6) is 0. The molecule has 0 amide bonds. The first kappa shape index (κ1) is 6.90. The minimum atomic E-state index is 0.522. The Morgan fingerprint density at radius 2 is 2.33 bits per heavy atom. The summed E-state index contributed by atoms with van der Waals surface area (Å²) in [6.07, 6.45) is 1.68. The van der Waals surface area contributed by atoms with Gasteiger partial charge < -0.3 is 0 Å². The van der Waals surface area contributed by atoms with E-state index in [0.29, 0.717) is 32.7 Å². The molecule has 6 heavy (non-hydrogen) atoms. The van der Waals surface area contributed by atoms with Crippen LogP contribution >= 0.6 is 0 Å². The van der Waals surface area contributed by atoms with Gasteiger partial charge in [-0.2, -0.15) is 0 Å². The van der Waals surface area contributed by atoms with Gasteiger partial charge in [-0.3, -0.25) is 0 Å². The second kappa shape index (κ2) is 4.06. The molecule has 0 aliphatic carbocycles.